The van der Waals surface area contributed by atoms with Crippen LogP contribution in [0.15, 0.2) is 6.07 Å². The molecule has 2 rings (SSSR count). The number of hydrogen-bond donors (Lipinski definition) is 2. The van der Waals surface area contributed by atoms with Gasteiger partial charge in [-0.15, -0.1) is 11.3 Å². The Hall–Kier alpha value is -1.07. The minimum absolute atomic E-state index is 0.228. The molecular formula is C13H21N3OS. The van der Waals surface area contributed by atoms with Gasteiger partial charge >= 0.3 is 0 Å². The molecule has 100 valence electrons. The van der Waals surface area contributed by atoms with Crippen molar-refractivity contribution in [2.45, 2.75) is 25.8 Å². The Morgan fingerprint density at radius 1 is 1.61 bits per heavy atom. The second kappa shape index (κ2) is 5.28. The van der Waals surface area contributed by atoms with Crippen LogP contribution < -0.4 is 11.1 Å². The van der Waals surface area contributed by atoms with E-state index in [-0.39, 0.29) is 11.7 Å². The van der Waals surface area contributed by atoms with Crippen molar-refractivity contribution in [3.05, 3.63) is 10.9 Å². The first-order valence-corrected chi connectivity index (χ1v) is 7.14. The molecule has 18 heavy (non-hydrogen) atoms. The standard InChI is InChI=1S/C13H21N3OS/c1-8(16(2)3)7-15-11-6-10(14)13(18-11)12(17)9-4-5-9/h6,8-9,15H,4-5,7,14H2,1-3H3. The maximum Gasteiger partial charge on any atom is 0.178 e. The summed E-state index contributed by atoms with van der Waals surface area (Å²) in [4.78, 5) is 14.9. The van der Waals surface area contributed by atoms with Crippen LogP contribution in [-0.4, -0.2) is 37.4 Å². The largest absolute Gasteiger partial charge is 0.397 e. The van der Waals surface area contributed by atoms with E-state index < -0.39 is 0 Å². The average Bonchev–Trinajstić information content (AvgIpc) is 3.09. The van der Waals surface area contributed by atoms with Gasteiger partial charge in [-0.25, -0.2) is 0 Å². The summed E-state index contributed by atoms with van der Waals surface area (Å²) in [5, 5.41) is 4.34. The molecule has 1 heterocycles. The highest BCUT2D eigenvalue weighted by atomic mass is 32.1. The minimum atomic E-state index is 0.228. The first-order chi connectivity index (χ1) is 8.49. The third-order valence-electron chi connectivity index (χ3n) is 3.39. The molecule has 1 saturated carbocycles. The van der Waals surface area contributed by atoms with Crippen molar-refractivity contribution in [3.8, 4) is 0 Å². The van der Waals surface area contributed by atoms with Gasteiger partial charge in [0, 0.05) is 18.5 Å². The number of likely N-dealkylation sites (N-methyl/N-ethyl adjacent to an activating group) is 1. The van der Waals surface area contributed by atoms with E-state index in [1.54, 1.807) is 0 Å². The summed E-state index contributed by atoms with van der Waals surface area (Å²) in [6.45, 7) is 3.00. The molecule has 0 bridgehead atoms. The number of thiophene rings is 1. The van der Waals surface area contributed by atoms with Gasteiger partial charge in [0.2, 0.25) is 0 Å². The highest BCUT2D eigenvalue weighted by Crippen LogP contribution is 2.38. The predicted molar refractivity (Wildman–Crippen MR) is 77.4 cm³/mol. The molecule has 1 atom stereocenters. The van der Waals surface area contributed by atoms with E-state index in [2.05, 4.69) is 31.2 Å². The first-order valence-electron chi connectivity index (χ1n) is 6.33. The SMILES string of the molecule is CC(CNc1cc(N)c(C(=O)C2CC2)s1)N(C)C. The number of ketones is 1. The fourth-order valence-corrected chi connectivity index (χ4v) is 2.65. The Morgan fingerprint density at radius 3 is 2.83 bits per heavy atom. The number of nitrogen functional groups attached to an aromatic ring is 1. The van der Waals surface area contributed by atoms with E-state index in [4.69, 9.17) is 5.73 Å². The van der Waals surface area contributed by atoms with Crippen molar-refractivity contribution < 1.29 is 4.79 Å². The van der Waals surface area contributed by atoms with Crippen molar-refractivity contribution in [1.29, 1.82) is 0 Å². The van der Waals surface area contributed by atoms with Crippen LogP contribution in [-0.2, 0) is 0 Å². The highest BCUT2D eigenvalue weighted by molar-refractivity contribution is 7.18. The van der Waals surface area contributed by atoms with Gasteiger partial charge < -0.3 is 16.0 Å². The maximum atomic E-state index is 12.0. The third-order valence-corrected chi connectivity index (χ3v) is 4.51. The van der Waals surface area contributed by atoms with E-state index in [1.165, 1.54) is 11.3 Å². The quantitative estimate of drug-likeness (QED) is 0.776. The molecule has 0 spiro atoms. The summed E-state index contributed by atoms with van der Waals surface area (Å²) in [6.07, 6.45) is 2.05. The molecule has 3 N–H and O–H groups in total. The average molecular weight is 267 g/mol. The minimum Gasteiger partial charge on any atom is -0.397 e. The summed E-state index contributed by atoms with van der Waals surface area (Å²) >= 11 is 1.49. The fraction of sp³-hybridized carbons (Fsp3) is 0.615. The smallest absolute Gasteiger partial charge is 0.178 e. The number of Topliss-reactive ketones (excluding diaryl/α,β-unsaturated/α-hetero) is 1. The van der Waals surface area contributed by atoms with Crippen LogP contribution in [0.25, 0.3) is 0 Å². The van der Waals surface area contributed by atoms with Crippen molar-refractivity contribution in [2.24, 2.45) is 5.92 Å². The van der Waals surface area contributed by atoms with Crippen LogP contribution in [0.5, 0.6) is 0 Å². The number of carbonyl (C=O) groups is 1. The molecule has 1 aromatic rings. The van der Waals surface area contributed by atoms with Gasteiger partial charge in [0.05, 0.1) is 15.6 Å². The van der Waals surface area contributed by atoms with E-state index in [9.17, 15) is 4.79 Å². The van der Waals surface area contributed by atoms with Gasteiger partial charge in [0.15, 0.2) is 5.78 Å². The molecule has 5 heteroatoms. The number of nitrogens with one attached hydrogen (secondary N) is 1. The van der Waals surface area contributed by atoms with Crippen molar-refractivity contribution >= 4 is 27.8 Å². The molecule has 0 saturated heterocycles. The molecule has 1 aliphatic rings. The van der Waals surface area contributed by atoms with Gasteiger partial charge in [0.1, 0.15) is 0 Å². The Kier molecular flexibility index (Phi) is 3.92. The molecule has 4 nitrogen and oxygen atoms in total. The molecule has 1 fully saturated rings. The number of hydrogen-bond acceptors (Lipinski definition) is 5. The van der Waals surface area contributed by atoms with Gasteiger partial charge in [-0.2, -0.15) is 0 Å². The van der Waals surface area contributed by atoms with Crippen molar-refractivity contribution in [1.82, 2.24) is 4.90 Å². The second-order valence-electron chi connectivity index (χ2n) is 5.23. The molecule has 0 amide bonds. The number of anilines is 2. The normalized spacial score (nSPS) is 16.9. The van der Waals surface area contributed by atoms with Crippen molar-refractivity contribution in [3.63, 3.8) is 0 Å². The zero-order valence-electron chi connectivity index (χ0n) is 11.2. The second-order valence-corrected chi connectivity index (χ2v) is 6.28. The Bertz CT molecular complexity index is 437. The van der Waals surface area contributed by atoms with Crippen LogP contribution in [0.1, 0.15) is 29.4 Å². The van der Waals surface area contributed by atoms with Crippen LogP contribution >= 0.6 is 11.3 Å². The van der Waals surface area contributed by atoms with E-state index in [0.29, 0.717) is 11.7 Å². The molecule has 0 aliphatic heterocycles. The Morgan fingerprint density at radius 2 is 2.28 bits per heavy atom. The lowest BCUT2D eigenvalue weighted by molar-refractivity contribution is 0.0972. The summed E-state index contributed by atoms with van der Waals surface area (Å²) in [7, 11) is 4.11. The lowest BCUT2D eigenvalue weighted by atomic mass is 10.2. The monoisotopic (exact) mass is 267 g/mol. The van der Waals surface area contributed by atoms with Gasteiger partial charge in [-0.1, -0.05) is 0 Å². The number of rotatable bonds is 6. The number of carbonyl (C=O) groups excluding carboxylic acids is 1. The lowest BCUT2D eigenvalue weighted by Gasteiger charge is -2.19. The van der Waals surface area contributed by atoms with Gasteiger partial charge in [-0.3, -0.25) is 4.79 Å². The zero-order valence-corrected chi connectivity index (χ0v) is 12.0. The molecule has 1 aromatic heterocycles. The maximum absolute atomic E-state index is 12.0. The van der Waals surface area contributed by atoms with Crippen LogP contribution in [0, 0.1) is 5.92 Å². The summed E-state index contributed by atoms with van der Waals surface area (Å²) in [6, 6.07) is 2.32. The van der Waals surface area contributed by atoms with Crippen LogP contribution in [0.3, 0.4) is 0 Å². The number of nitrogens with zero attached hydrogens (tertiary/aromatic N) is 1. The van der Waals surface area contributed by atoms with E-state index in [1.807, 2.05) is 6.07 Å². The highest BCUT2D eigenvalue weighted by Gasteiger charge is 2.32. The fourth-order valence-electron chi connectivity index (χ4n) is 1.65. The topological polar surface area (TPSA) is 58.4 Å². The third kappa shape index (κ3) is 3.03. The van der Waals surface area contributed by atoms with E-state index >= 15 is 0 Å². The summed E-state index contributed by atoms with van der Waals surface area (Å²) < 4.78 is 0. The van der Waals surface area contributed by atoms with Crippen LogP contribution in [0.4, 0.5) is 10.7 Å². The zero-order chi connectivity index (χ0) is 13.3. The first kappa shape index (κ1) is 13.4. The van der Waals surface area contributed by atoms with Gasteiger partial charge in [-0.05, 0) is 39.9 Å². The summed E-state index contributed by atoms with van der Waals surface area (Å²) in [5.74, 6) is 0.464. The molecule has 0 aromatic carbocycles. The predicted octanol–water partition coefficient (Wildman–Crippen LogP) is 2.29. The molecule has 0 radical (unpaired) electrons. The molecular weight excluding hydrogens is 246 g/mol. The molecule has 1 unspecified atom stereocenters. The Labute approximate surface area is 112 Å². The van der Waals surface area contributed by atoms with Crippen LogP contribution in [0.2, 0.25) is 0 Å². The summed E-state index contributed by atoms with van der Waals surface area (Å²) in [5.41, 5.74) is 6.54. The lowest BCUT2D eigenvalue weighted by Crippen LogP contribution is -2.31. The Balaban J connectivity index is 1.98. The molecule has 1 aliphatic carbocycles. The number of nitrogens with two attached hydrogens (primary N) is 1. The van der Waals surface area contributed by atoms with E-state index in [0.717, 1.165) is 29.3 Å². The van der Waals surface area contributed by atoms with Gasteiger partial charge in [0.25, 0.3) is 0 Å². The van der Waals surface area contributed by atoms with Crippen molar-refractivity contribution in [2.75, 3.05) is 31.7 Å².